The van der Waals surface area contributed by atoms with E-state index in [2.05, 4.69) is 25.2 Å². The van der Waals surface area contributed by atoms with Crippen molar-refractivity contribution in [1.82, 2.24) is 5.32 Å². The Morgan fingerprint density at radius 3 is 2.50 bits per heavy atom. The normalized spacial score (nSPS) is 14.4. The molecule has 0 saturated heterocycles. The zero-order chi connectivity index (χ0) is 13.1. The second-order valence-electron chi connectivity index (χ2n) is 4.61. The number of aryl methyl sites for hydroxylation is 1. The van der Waals surface area contributed by atoms with Gasteiger partial charge in [-0.1, -0.05) is 23.7 Å². The number of benzene rings is 1. The Morgan fingerprint density at radius 2 is 1.89 bits per heavy atom. The highest BCUT2D eigenvalue weighted by molar-refractivity contribution is 6.30. The Balaban J connectivity index is 2.05. The second-order valence-corrected chi connectivity index (χ2v) is 5.05. The topological polar surface area (TPSA) is 25.2 Å². The van der Waals surface area contributed by atoms with Crippen molar-refractivity contribution in [1.29, 1.82) is 0 Å². The van der Waals surface area contributed by atoms with E-state index in [4.69, 9.17) is 16.0 Å². The van der Waals surface area contributed by atoms with E-state index in [9.17, 15) is 0 Å². The van der Waals surface area contributed by atoms with Crippen molar-refractivity contribution < 1.29 is 4.42 Å². The van der Waals surface area contributed by atoms with Crippen molar-refractivity contribution in [3.8, 4) is 0 Å². The third-order valence-electron chi connectivity index (χ3n) is 3.04. The summed E-state index contributed by atoms with van der Waals surface area (Å²) in [5.41, 5.74) is 1.18. The maximum absolute atomic E-state index is 6.00. The molecule has 2 atom stereocenters. The summed E-state index contributed by atoms with van der Waals surface area (Å²) in [5.74, 6) is 1.90. The van der Waals surface area contributed by atoms with E-state index in [1.807, 2.05) is 37.3 Å². The second kappa shape index (κ2) is 5.59. The van der Waals surface area contributed by atoms with Gasteiger partial charge < -0.3 is 9.73 Å². The molecule has 0 amide bonds. The number of hydrogen-bond acceptors (Lipinski definition) is 2. The molecule has 0 radical (unpaired) electrons. The highest BCUT2D eigenvalue weighted by atomic mass is 35.5. The lowest BCUT2D eigenvalue weighted by Gasteiger charge is -2.19. The first-order valence-corrected chi connectivity index (χ1v) is 6.52. The molecule has 2 aromatic rings. The van der Waals surface area contributed by atoms with Crippen molar-refractivity contribution in [2.75, 3.05) is 0 Å². The molecular weight excluding hydrogens is 246 g/mol. The molecule has 1 heterocycles. The summed E-state index contributed by atoms with van der Waals surface area (Å²) >= 11 is 6.00. The van der Waals surface area contributed by atoms with Crippen molar-refractivity contribution in [3.63, 3.8) is 0 Å². The number of nitrogens with one attached hydrogen (secondary N) is 1. The average molecular weight is 264 g/mol. The molecule has 18 heavy (non-hydrogen) atoms. The third kappa shape index (κ3) is 3.15. The fraction of sp³-hybridized carbons (Fsp3) is 0.333. The van der Waals surface area contributed by atoms with Crippen LogP contribution in [0.4, 0.5) is 0 Å². The molecule has 2 nitrogen and oxygen atoms in total. The summed E-state index contributed by atoms with van der Waals surface area (Å²) in [6.07, 6.45) is 0. The number of hydrogen-bond donors (Lipinski definition) is 1. The van der Waals surface area contributed by atoms with Crippen LogP contribution in [0.15, 0.2) is 40.8 Å². The van der Waals surface area contributed by atoms with E-state index in [1.165, 1.54) is 5.56 Å². The Morgan fingerprint density at radius 1 is 1.11 bits per heavy atom. The lowest BCUT2D eigenvalue weighted by Crippen LogP contribution is -2.22. The zero-order valence-electron chi connectivity index (χ0n) is 10.9. The summed E-state index contributed by atoms with van der Waals surface area (Å²) < 4.78 is 5.62. The van der Waals surface area contributed by atoms with Gasteiger partial charge in [-0.25, -0.2) is 0 Å². The Hall–Kier alpha value is -1.25. The summed E-state index contributed by atoms with van der Waals surface area (Å²) in [5, 5.41) is 4.27. The van der Waals surface area contributed by atoms with Crippen LogP contribution in [0.3, 0.4) is 0 Å². The summed E-state index contributed by atoms with van der Waals surface area (Å²) in [6.45, 7) is 6.17. The lowest BCUT2D eigenvalue weighted by atomic mass is 10.1. The molecule has 0 aliphatic carbocycles. The first kappa shape index (κ1) is 13.2. The number of furan rings is 1. The number of halogens is 1. The SMILES string of the molecule is Cc1ccc(C(C)NC(C)c2cccc(Cl)c2)o1. The smallest absolute Gasteiger partial charge is 0.120 e. The molecule has 0 spiro atoms. The van der Waals surface area contributed by atoms with Crippen LogP contribution in [0.5, 0.6) is 0 Å². The monoisotopic (exact) mass is 263 g/mol. The molecule has 2 rings (SSSR count). The van der Waals surface area contributed by atoms with Crippen LogP contribution in [0.25, 0.3) is 0 Å². The highest BCUT2D eigenvalue weighted by Crippen LogP contribution is 2.22. The van der Waals surface area contributed by atoms with Crippen LogP contribution in [0, 0.1) is 6.92 Å². The van der Waals surface area contributed by atoms with Gasteiger partial charge in [-0.3, -0.25) is 0 Å². The molecule has 0 aliphatic rings. The minimum Gasteiger partial charge on any atom is -0.465 e. The molecule has 0 bridgehead atoms. The quantitative estimate of drug-likeness (QED) is 0.868. The van der Waals surface area contributed by atoms with Crippen LogP contribution < -0.4 is 5.32 Å². The van der Waals surface area contributed by atoms with Gasteiger partial charge in [0, 0.05) is 11.1 Å². The van der Waals surface area contributed by atoms with Gasteiger partial charge in [0.1, 0.15) is 11.5 Å². The predicted molar refractivity (Wildman–Crippen MR) is 74.9 cm³/mol. The first-order valence-electron chi connectivity index (χ1n) is 6.14. The molecule has 3 heteroatoms. The number of rotatable bonds is 4. The van der Waals surface area contributed by atoms with Gasteiger partial charge in [0.2, 0.25) is 0 Å². The van der Waals surface area contributed by atoms with Crippen molar-refractivity contribution in [2.45, 2.75) is 32.9 Å². The van der Waals surface area contributed by atoms with Gasteiger partial charge in [-0.2, -0.15) is 0 Å². The maximum Gasteiger partial charge on any atom is 0.120 e. The minimum absolute atomic E-state index is 0.174. The Bertz CT molecular complexity index is 521. The summed E-state index contributed by atoms with van der Waals surface area (Å²) in [7, 11) is 0. The average Bonchev–Trinajstić information content (AvgIpc) is 2.76. The van der Waals surface area contributed by atoms with E-state index >= 15 is 0 Å². The van der Waals surface area contributed by atoms with Crippen LogP contribution in [-0.4, -0.2) is 0 Å². The van der Waals surface area contributed by atoms with Crippen LogP contribution >= 0.6 is 11.6 Å². The van der Waals surface area contributed by atoms with Crippen LogP contribution in [-0.2, 0) is 0 Å². The molecule has 0 fully saturated rings. The molecule has 1 aromatic heterocycles. The first-order chi connectivity index (χ1) is 8.56. The van der Waals surface area contributed by atoms with Crippen LogP contribution in [0.1, 0.15) is 43.0 Å². The van der Waals surface area contributed by atoms with Gasteiger partial charge in [0.15, 0.2) is 0 Å². The fourth-order valence-corrected chi connectivity index (χ4v) is 2.21. The maximum atomic E-state index is 6.00. The molecule has 1 aromatic carbocycles. The highest BCUT2D eigenvalue weighted by Gasteiger charge is 2.13. The fourth-order valence-electron chi connectivity index (χ4n) is 2.02. The molecule has 2 unspecified atom stereocenters. The molecule has 96 valence electrons. The minimum atomic E-state index is 0.174. The van der Waals surface area contributed by atoms with E-state index in [-0.39, 0.29) is 12.1 Å². The van der Waals surface area contributed by atoms with Gasteiger partial charge >= 0.3 is 0 Å². The van der Waals surface area contributed by atoms with Crippen molar-refractivity contribution in [2.24, 2.45) is 0 Å². The van der Waals surface area contributed by atoms with Crippen LogP contribution in [0.2, 0.25) is 5.02 Å². The van der Waals surface area contributed by atoms with E-state index < -0.39 is 0 Å². The summed E-state index contributed by atoms with van der Waals surface area (Å²) in [4.78, 5) is 0. The predicted octanol–water partition coefficient (Wildman–Crippen LogP) is 4.65. The molecule has 0 saturated carbocycles. The van der Waals surface area contributed by atoms with Gasteiger partial charge in [0.25, 0.3) is 0 Å². The van der Waals surface area contributed by atoms with Gasteiger partial charge in [-0.15, -0.1) is 0 Å². The van der Waals surface area contributed by atoms with E-state index in [1.54, 1.807) is 0 Å². The van der Waals surface area contributed by atoms with E-state index in [0.29, 0.717) is 0 Å². The molecular formula is C15H18ClNO. The lowest BCUT2D eigenvalue weighted by molar-refractivity contribution is 0.392. The van der Waals surface area contributed by atoms with Gasteiger partial charge in [0.05, 0.1) is 6.04 Å². The van der Waals surface area contributed by atoms with E-state index in [0.717, 1.165) is 16.5 Å². The largest absolute Gasteiger partial charge is 0.465 e. The Kier molecular flexibility index (Phi) is 4.10. The molecule has 0 aliphatic heterocycles. The zero-order valence-corrected chi connectivity index (χ0v) is 11.7. The van der Waals surface area contributed by atoms with Crippen molar-refractivity contribution >= 4 is 11.6 Å². The molecule has 1 N–H and O–H groups in total. The van der Waals surface area contributed by atoms with Crippen molar-refractivity contribution in [3.05, 3.63) is 58.5 Å². The van der Waals surface area contributed by atoms with Gasteiger partial charge in [-0.05, 0) is 50.6 Å². The summed E-state index contributed by atoms with van der Waals surface area (Å²) in [6, 6.07) is 12.3. The standard InChI is InChI=1S/C15H18ClNO/c1-10-7-8-15(18-10)12(3)17-11(2)13-5-4-6-14(16)9-13/h4-9,11-12,17H,1-3H3. The third-order valence-corrected chi connectivity index (χ3v) is 3.27. The Labute approximate surface area is 113 Å².